The van der Waals surface area contributed by atoms with E-state index < -0.39 is 0 Å². The van der Waals surface area contributed by atoms with Crippen molar-refractivity contribution in [2.45, 2.75) is 26.7 Å². The number of carbonyl (C=O) groups excluding carboxylic acids is 1. The first-order chi connectivity index (χ1) is 11.2. The van der Waals surface area contributed by atoms with Crippen LogP contribution in [0.5, 0.6) is 0 Å². The van der Waals surface area contributed by atoms with Gasteiger partial charge in [-0.2, -0.15) is 0 Å². The van der Waals surface area contributed by atoms with Crippen LogP contribution < -0.4 is 5.32 Å². The summed E-state index contributed by atoms with van der Waals surface area (Å²) in [7, 11) is 0. The minimum absolute atomic E-state index is 0.621. The molecule has 0 amide bonds. The van der Waals surface area contributed by atoms with E-state index in [9.17, 15) is 4.79 Å². The molecule has 1 heterocycles. The van der Waals surface area contributed by atoms with Gasteiger partial charge in [-0.15, -0.1) is 0 Å². The summed E-state index contributed by atoms with van der Waals surface area (Å²) in [4.78, 5) is 16.0. The maximum atomic E-state index is 11.5. The van der Waals surface area contributed by atoms with Crippen LogP contribution in [-0.2, 0) is 4.79 Å². The fraction of sp³-hybridized carbons (Fsp3) is 0.300. The minimum atomic E-state index is 0.621. The van der Waals surface area contributed by atoms with E-state index in [1.807, 2.05) is 25.1 Å². The summed E-state index contributed by atoms with van der Waals surface area (Å²) in [5.74, 6) is 1.28. The molecule has 1 fully saturated rings. The maximum Gasteiger partial charge on any atom is 0.153 e. The van der Waals surface area contributed by atoms with Gasteiger partial charge in [0.25, 0.3) is 0 Å². The molecule has 0 aromatic heterocycles. The summed E-state index contributed by atoms with van der Waals surface area (Å²) < 4.78 is 0. The zero-order valence-corrected chi connectivity index (χ0v) is 13.7. The highest BCUT2D eigenvalue weighted by Gasteiger charge is 2.26. The second-order valence-corrected chi connectivity index (χ2v) is 6.08. The van der Waals surface area contributed by atoms with Crippen LogP contribution in [0.1, 0.15) is 30.9 Å². The van der Waals surface area contributed by atoms with Gasteiger partial charge in [0.2, 0.25) is 0 Å². The molecule has 118 valence electrons. The summed E-state index contributed by atoms with van der Waals surface area (Å²) in [5.41, 5.74) is 5.23. The van der Waals surface area contributed by atoms with Crippen molar-refractivity contribution in [3.8, 4) is 0 Å². The lowest BCUT2D eigenvalue weighted by molar-refractivity contribution is -0.104. The summed E-state index contributed by atoms with van der Waals surface area (Å²) in [6.07, 6.45) is 11.6. The molecule has 1 aromatic carbocycles. The minimum Gasteiger partial charge on any atom is -0.340 e. The number of rotatable bonds is 4. The molecule has 0 bridgehead atoms. The van der Waals surface area contributed by atoms with Gasteiger partial charge in [-0.3, -0.25) is 9.79 Å². The Balaban J connectivity index is 1.84. The number of allylic oxidation sites excluding steroid dienone is 3. The molecule has 3 heteroatoms. The number of aryl methyl sites for hydroxylation is 1. The van der Waals surface area contributed by atoms with Crippen LogP contribution in [0.25, 0.3) is 6.08 Å². The van der Waals surface area contributed by atoms with Crippen molar-refractivity contribution in [1.82, 2.24) is 0 Å². The summed E-state index contributed by atoms with van der Waals surface area (Å²) in [6, 6.07) is 6.18. The van der Waals surface area contributed by atoms with Crippen LogP contribution in [0.4, 0.5) is 5.69 Å². The molecular formula is C20H22N2O. The number of benzene rings is 1. The van der Waals surface area contributed by atoms with Crippen molar-refractivity contribution in [1.29, 1.82) is 0 Å². The van der Waals surface area contributed by atoms with E-state index in [-0.39, 0.29) is 0 Å². The predicted molar refractivity (Wildman–Crippen MR) is 96.8 cm³/mol. The number of nitrogens with one attached hydrogen (secondary N) is 1. The third-order valence-electron chi connectivity index (χ3n) is 4.24. The van der Waals surface area contributed by atoms with Gasteiger partial charge in [0, 0.05) is 5.69 Å². The largest absolute Gasteiger partial charge is 0.340 e. The highest BCUT2D eigenvalue weighted by atomic mass is 16.1. The highest BCUT2D eigenvalue weighted by molar-refractivity contribution is 6.20. The van der Waals surface area contributed by atoms with Crippen LogP contribution >= 0.6 is 0 Å². The van der Waals surface area contributed by atoms with Crippen molar-refractivity contribution in [2.24, 2.45) is 10.9 Å². The highest BCUT2D eigenvalue weighted by Crippen LogP contribution is 2.38. The molecule has 3 rings (SSSR count). The van der Waals surface area contributed by atoms with Crippen molar-refractivity contribution in [3.63, 3.8) is 0 Å². The number of hydrogen-bond donors (Lipinski definition) is 1. The molecule has 0 radical (unpaired) electrons. The number of amidine groups is 1. The Labute approximate surface area is 137 Å². The Kier molecular flexibility index (Phi) is 4.56. The van der Waals surface area contributed by atoms with Gasteiger partial charge in [0.15, 0.2) is 6.29 Å². The average molecular weight is 306 g/mol. The number of anilines is 1. The fourth-order valence-electron chi connectivity index (χ4n) is 2.76. The van der Waals surface area contributed by atoms with Gasteiger partial charge in [0.05, 0.1) is 12.1 Å². The van der Waals surface area contributed by atoms with Crippen LogP contribution in [0.3, 0.4) is 0 Å². The van der Waals surface area contributed by atoms with Crippen molar-refractivity contribution in [3.05, 3.63) is 58.7 Å². The maximum absolute atomic E-state index is 11.5. The van der Waals surface area contributed by atoms with E-state index in [2.05, 4.69) is 41.5 Å². The molecule has 3 nitrogen and oxygen atoms in total. The van der Waals surface area contributed by atoms with Crippen molar-refractivity contribution in [2.75, 3.05) is 11.9 Å². The van der Waals surface area contributed by atoms with Gasteiger partial charge in [-0.25, -0.2) is 0 Å². The molecule has 1 saturated carbocycles. The van der Waals surface area contributed by atoms with Crippen LogP contribution in [0.15, 0.2) is 52.6 Å². The van der Waals surface area contributed by atoms with E-state index in [0.29, 0.717) is 23.9 Å². The smallest absolute Gasteiger partial charge is 0.153 e. The molecule has 1 aromatic rings. The van der Waals surface area contributed by atoms with E-state index in [1.54, 1.807) is 0 Å². The number of hydrogen-bond acceptors (Lipinski definition) is 3. The third kappa shape index (κ3) is 3.67. The number of aliphatic imine (C=N–C) groups is 1. The molecular weight excluding hydrogens is 284 g/mol. The molecule has 1 aliphatic heterocycles. The summed E-state index contributed by atoms with van der Waals surface area (Å²) in [6.45, 7) is 4.72. The normalized spacial score (nSPS) is 18.1. The van der Waals surface area contributed by atoms with E-state index in [4.69, 9.17) is 0 Å². The summed E-state index contributed by atoms with van der Waals surface area (Å²) in [5, 5.41) is 3.31. The van der Waals surface area contributed by atoms with Crippen molar-refractivity contribution < 1.29 is 4.79 Å². The molecule has 0 atom stereocenters. The van der Waals surface area contributed by atoms with Crippen LogP contribution in [0, 0.1) is 12.8 Å². The number of aldehydes is 1. The average Bonchev–Trinajstić information content (AvgIpc) is 3.37. The lowest BCUT2D eigenvalue weighted by Gasteiger charge is -2.11. The van der Waals surface area contributed by atoms with Gasteiger partial charge in [-0.05, 0) is 67.5 Å². The SMILES string of the molecule is C/C=C\c1cc(NC2=NCC=C(C3CC3)C=C2C=O)ccc1C. The second-order valence-electron chi connectivity index (χ2n) is 6.08. The quantitative estimate of drug-likeness (QED) is 0.842. The van der Waals surface area contributed by atoms with E-state index >= 15 is 0 Å². The topological polar surface area (TPSA) is 41.5 Å². The Bertz CT molecular complexity index is 734. The van der Waals surface area contributed by atoms with Gasteiger partial charge >= 0.3 is 0 Å². The first kappa shape index (κ1) is 15.5. The zero-order chi connectivity index (χ0) is 16.2. The third-order valence-corrected chi connectivity index (χ3v) is 4.24. The van der Waals surface area contributed by atoms with E-state index in [1.165, 1.54) is 29.5 Å². The van der Waals surface area contributed by atoms with Gasteiger partial charge < -0.3 is 5.32 Å². The Morgan fingerprint density at radius 2 is 2.13 bits per heavy atom. The number of nitrogens with zero attached hydrogens (tertiary/aromatic N) is 1. The molecule has 1 aliphatic carbocycles. The first-order valence-corrected chi connectivity index (χ1v) is 8.13. The van der Waals surface area contributed by atoms with Crippen molar-refractivity contribution >= 4 is 23.9 Å². The molecule has 2 aliphatic rings. The number of carbonyl (C=O) groups is 1. The van der Waals surface area contributed by atoms with Crippen LogP contribution in [0.2, 0.25) is 0 Å². The first-order valence-electron chi connectivity index (χ1n) is 8.13. The Morgan fingerprint density at radius 1 is 1.30 bits per heavy atom. The molecule has 1 N–H and O–H groups in total. The lowest BCUT2D eigenvalue weighted by atomic mass is 10.1. The Morgan fingerprint density at radius 3 is 2.83 bits per heavy atom. The fourth-order valence-corrected chi connectivity index (χ4v) is 2.76. The molecule has 23 heavy (non-hydrogen) atoms. The van der Waals surface area contributed by atoms with Gasteiger partial charge in [0.1, 0.15) is 5.84 Å². The van der Waals surface area contributed by atoms with E-state index in [0.717, 1.165) is 12.0 Å². The summed E-state index contributed by atoms with van der Waals surface area (Å²) >= 11 is 0. The Hall–Kier alpha value is -2.42. The lowest BCUT2D eigenvalue weighted by Crippen LogP contribution is -2.16. The molecule has 0 unspecified atom stereocenters. The van der Waals surface area contributed by atoms with Gasteiger partial charge in [-0.1, -0.05) is 24.3 Å². The second kappa shape index (κ2) is 6.78. The monoisotopic (exact) mass is 306 g/mol. The zero-order valence-electron chi connectivity index (χ0n) is 13.7. The predicted octanol–water partition coefficient (Wildman–Crippen LogP) is 4.31. The standard InChI is InChI=1S/C20H22N2O/c1-3-4-16-12-19(8-5-14(16)2)22-20-18(13-23)11-17(9-10-21-20)15-6-7-15/h3-5,8-9,11-13,15H,6-7,10H2,1-2H3,(H,21,22)/b4-3-. The molecule has 0 spiro atoms. The molecule has 0 saturated heterocycles. The van der Waals surface area contributed by atoms with Crippen LogP contribution in [-0.4, -0.2) is 18.7 Å².